The third-order valence-corrected chi connectivity index (χ3v) is 6.83. The van der Waals surface area contributed by atoms with E-state index in [2.05, 4.69) is 49.5 Å². The Morgan fingerprint density at radius 1 is 1.16 bits per heavy atom. The topological polar surface area (TPSA) is 109 Å². The Balaban J connectivity index is 1.64. The van der Waals surface area contributed by atoms with E-state index < -0.39 is 12.1 Å². The number of esters is 1. The Hall–Kier alpha value is -3.37. The maximum Gasteiger partial charge on any atom is 0.306 e. The van der Waals surface area contributed by atoms with E-state index in [-0.39, 0.29) is 30.5 Å². The van der Waals surface area contributed by atoms with Crippen LogP contribution in [0, 0.1) is 23.2 Å². The van der Waals surface area contributed by atoms with E-state index in [0.29, 0.717) is 36.6 Å². The first-order valence-corrected chi connectivity index (χ1v) is 13.4. The third kappa shape index (κ3) is 9.18. The Morgan fingerprint density at radius 3 is 2.45 bits per heavy atom. The van der Waals surface area contributed by atoms with E-state index in [1.165, 1.54) is 11.1 Å². The summed E-state index contributed by atoms with van der Waals surface area (Å²) < 4.78 is 11.8. The lowest BCUT2D eigenvalue weighted by atomic mass is 9.88. The van der Waals surface area contributed by atoms with Crippen molar-refractivity contribution in [3.8, 4) is 11.8 Å². The van der Waals surface area contributed by atoms with Crippen LogP contribution in [0.3, 0.4) is 0 Å². The minimum absolute atomic E-state index is 0.00808. The molecule has 0 unspecified atom stereocenters. The van der Waals surface area contributed by atoms with E-state index in [0.717, 1.165) is 24.8 Å². The maximum absolute atomic E-state index is 12.5. The molecule has 1 aliphatic rings. The minimum Gasteiger partial charge on any atom is -0.488 e. The zero-order chi connectivity index (χ0) is 27.7. The molecule has 2 N–H and O–H groups in total. The second-order valence-electron chi connectivity index (χ2n) is 11.4. The zero-order valence-corrected chi connectivity index (χ0v) is 23.0. The van der Waals surface area contributed by atoms with Crippen LogP contribution in [-0.4, -0.2) is 41.8 Å². The molecule has 1 aliphatic carbocycles. The van der Waals surface area contributed by atoms with Crippen LogP contribution in [-0.2, 0) is 33.6 Å². The summed E-state index contributed by atoms with van der Waals surface area (Å²) in [4.78, 5) is 23.5. The van der Waals surface area contributed by atoms with Crippen LogP contribution in [0.1, 0.15) is 69.2 Å². The molecular weight excluding hydrogens is 480 g/mol. The molecule has 3 rings (SSSR count). The van der Waals surface area contributed by atoms with E-state index in [4.69, 9.17) is 14.6 Å². The molecule has 7 heteroatoms. The number of fused-ring (bicyclic) bond motifs is 1. The van der Waals surface area contributed by atoms with Crippen molar-refractivity contribution < 1.29 is 24.2 Å². The number of carbonyl (C=O) groups excluding carboxylic acids is 1. The van der Waals surface area contributed by atoms with Crippen LogP contribution in [0.25, 0.3) is 0 Å². The minimum atomic E-state index is -0.885. The van der Waals surface area contributed by atoms with Gasteiger partial charge in [-0.2, -0.15) is 5.26 Å². The van der Waals surface area contributed by atoms with Gasteiger partial charge in [0, 0.05) is 24.9 Å². The molecule has 0 heterocycles. The van der Waals surface area contributed by atoms with Gasteiger partial charge in [-0.15, -0.1) is 0 Å². The van der Waals surface area contributed by atoms with Gasteiger partial charge >= 0.3 is 11.9 Å². The Morgan fingerprint density at radius 2 is 1.84 bits per heavy atom. The van der Waals surface area contributed by atoms with Crippen LogP contribution in [0.15, 0.2) is 42.5 Å². The normalized spacial score (nSPS) is 14.1. The molecule has 2 aromatic rings. The lowest BCUT2D eigenvalue weighted by Crippen LogP contribution is -2.47. The zero-order valence-electron chi connectivity index (χ0n) is 23.0. The van der Waals surface area contributed by atoms with Crippen molar-refractivity contribution in [1.82, 2.24) is 5.32 Å². The second kappa shape index (κ2) is 13.4. The van der Waals surface area contributed by atoms with Gasteiger partial charge in [-0.25, -0.2) is 0 Å². The van der Waals surface area contributed by atoms with Crippen molar-refractivity contribution in [1.29, 1.82) is 5.26 Å². The number of hydrogen-bond acceptors (Lipinski definition) is 6. The maximum atomic E-state index is 12.5. The van der Waals surface area contributed by atoms with Crippen molar-refractivity contribution in [3.63, 3.8) is 0 Å². The number of nitrogens with zero attached hydrogens (tertiary/aromatic N) is 1. The van der Waals surface area contributed by atoms with Crippen molar-refractivity contribution in [2.75, 3.05) is 13.2 Å². The largest absolute Gasteiger partial charge is 0.488 e. The van der Waals surface area contributed by atoms with Crippen LogP contribution < -0.4 is 10.1 Å². The average Bonchev–Trinajstić information content (AvgIpc) is 3.25. The first kappa shape index (κ1) is 29.2. The van der Waals surface area contributed by atoms with Gasteiger partial charge < -0.3 is 19.9 Å². The Labute approximate surface area is 226 Å². The third-order valence-electron chi connectivity index (χ3n) is 6.83. The smallest absolute Gasteiger partial charge is 0.306 e. The summed E-state index contributed by atoms with van der Waals surface area (Å²) >= 11 is 0. The summed E-state index contributed by atoms with van der Waals surface area (Å²) in [5.41, 5.74) is 3.81. The number of carbonyl (C=O) groups is 2. The molecule has 0 saturated heterocycles. The monoisotopic (exact) mass is 520 g/mol. The Bertz CT molecular complexity index is 1130. The molecule has 2 aromatic carbocycles. The molecule has 0 radical (unpaired) electrons. The van der Waals surface area contributed by atoms with Crippen molar-refractivity contribution in [2.45, 2.75) is 77.9 Å². The highest BCUT2D eigenvalue weighted by atomic mass is 16.6. The molecule has 1 atom stereocenters. The van der Waals surface area contributed by atoms with Crippen molar-refractivity contribution >= 4 is 11.9 Å². The molecule has 38 heavy (non-hydrogen) atoms. The molecule has 0 amide bonds. The predicted molar refractivity (Wildman–Crippen MR) is 146 cm³/mol. The summed E-state index contributed by atoms with van der Waals surface area (Å²) in [6.45, 7) is 8.77. The summed E-state index contributed by atoms with van der Waals surface area (Å²) in [6, 6.07) is 15.8. The van der Waals surface area contributed by atoms with Gasteiger partial charge in [0.15, 0.2) is 0 Å². The number of nitriles is 1. The molecule has 0 fully saturated rings. The highest BCUT2D eigenvalue weighted by Gasteiger charge is 2.29. The number of ether oxygens (including phenoxy) is 2. The fraction of sp³-hybridized carbons (Fsp3) is 0.516. The average molecular weight is 521 g/mol. The first-order chi connectivity index (χ1) is 18.0. The van der Waals surface area contributed by atoms with Crippen LogP contribution in [0.4, 0.5) is 0 Å². The number of carboxylic acid groups (broad SMARTS) is 1. The van der Waals surface area contributed by atoms with Gasteiger partial charge in [0.25, 0.3) is 0 Å². The molecule has 204 valence electrons. The number of aliphatic carboxylic acids is 1. The van der Waals surface area contributed by atoms with E-state index in [1.54, 1.807) is 18.2 Å². The summed E-state index contributed by atoms with van der Waals surface area (Å²) in [6.07, 6.45) is 3.24. The van der Waals surface area contributed by atoms with Crippen LogP contribution in [0.2, 0.25) is 0 Å². The molecule has 7 nitrogen and oxygen atoms in total. The quantitative estimate of drug-likeness (QED) is 0.334. The summed E-state index contributed by atoms with van der Waals surface area (Å²) in [7, 11) is 0. The lowest BCUT2D eigenvalue weighted by molar-refractivity contribution is -0.151. The number of rotatable bonds is 14. The number of carboxylic acids is 1. The van der Waals surface area contributed by atoms with Gasteiger partial charge in [0.2, 0.25) is 0 Å². The van der Waals surface area contributed by atoms with Crippen LogP contribution >= 0.6 is 0 Å². The lowest BCUT2D eigenvalue weighted by Gasteiger charge is -2.31. The second-order valence-corrected chi connectivity index (χ2v) is 11.4. The SMILES string of the molecule is CC(C)CC(=O)O[C@H](CNC(C)(C)CC1Cc2ccccc2C1)COc1cc(CCC(=O)O)ccc1C#N. The van der Waals surface area contributed by atoms with E-state index >= 15 is 0 Å². The number of nitrogens with one attached hydrogen (secondary N) is 1. The highest BCUT2D eigenvalue weighted by Crippen LogP contribution is 2.32. The standard InChI is InChI=1S/C31H40N2O5/c1-21(2)13-30(36)38-27(20-37-28-16-22(10-12-29(34)35)9-11-26(28)18-32)19-33-31(3,4)17-23-14-24-7-5-6-8-25(24)15-23/h5-9,11,16,21,23,27,33H,10,12-15,17,19-20H2,1-4H3,(H,34,35)/t27-/m1/s1. The Kier molecular flexibility index (Phi) is 10.3. The van der Waals surface area contributed by atoms with Gasteiger partial charge in [0.05, 0.1) is 5.56 Å². The number of hydrogen-bond donors (Lipinski definition) is 2. The number of benzene rings is 2. The summed E-state index contributed by atoms with van der Waals surface area (Å²) in [5.74, 6) is -0.0732. The van der Waals surface area contributed by atoms with Gasteiger partial charge in [-0.3, -0.25) is 9.59 Å². The highest BCUT2D eigenvalue weighted by molar-refractivity contribution is 5.69. The molecule has 0 bridgehead atoms. The van der Waals surface area contributed by atoms with Gasteiger partial charge in [0.1, 0.15) is 24.5 Å². The van der Waals surface area contributed by atoms with E-state index in [1.807, 2.05) is 13.8 Å². The molecule has 0 aromatic heterocycles. The van der Waals surface area contributed by atoms with Crippen LogP contribution in [0.5, 0.6) is 5.75 Å². The van der Waals surface area contributed by atoms with E-state index in [9.17, 15) is 14.9 Å². The van der Waals surface area contributed by atoms with Gasteiger partial charge in [-0.05, 0) is 80.2 Å². The fourth-order valence-electron chi connectivity index (χ4n) is 5.05. The predicted octanol–water partition coefficient (Wildman–Crippen LogP) is 5.09. The first-order valence-electron chi connectivity index (χ1n) is 13.4. The van der Waals surface area contributed by atoms with Crippen molar-refractivity contribution in [2.24, 2.45) is 11.8 Å². The van der Waals surface area contributed by atoms with Gasteiger partial charge in [-0.1, -0.05) is 44.2 Å². The molecule has 0 saturated carbocycles. The molecular formula is C31H40N2O5. The van der Waals surface area contributed by atoms with Crippen molar-refractivity contribution in [3.05, 3.63) is 64.7 Å². The number of aryl methyl sites for hydroxylation is 1. The summed E-state index contributed by atoms with van der Waals surface area (Å²) in [5, 5.41) is 22.1. The molecule has 0 spiro atoms. The fourth-order valence-corrected chi connectivity index (χ4v) is 5.05. The molecule has 0 aliphatic heterocycles.